The smallest absolute Gasteiger partial charge is 0.151 e. The van der Waals surface area contributed by atoms with Crippen LogP contribution in [0, 0.1) is 10.5 Å². The van der Waals surface area contributed by atoms with Crippen molar-refractivity contribution in [3.63, 3.8) is 0 Å². The SMILES string of the molecule is CC(C)c1nc(=S)cc(-c2cc3cc(F)ccc3o2)[nH]1. The first kappa shape index (κ1) is 13.0. The fraction of sp³-hybridized carbons (Fsp3) is 0.200. The lowest BCUT2D eigenvalue weighted by Crippen LogP contribution is -1.98. The van der Waals surface area contributed by atoms with Crippen LogP contribution < -0.4 is 0 Å². The maximum absolute atomic E-state index is 13.2. The molecule has 3 aromatic rings. The van der Waals surface area contributed by atoms with Gasteiger partial charge >= 0.3 is 0 Å². The van der Waals surface area contributed by atoms with E-state index in [0.717, 1.165) is 16.9 Å². The molecule has 0 radical (unpaired) electrons. The van der Waals surface area contributed by atoms with Crippen LogP contribution in [0.1, 0.15) is 25.6 Å². The molecule has 0 atom stereocenters. The normalized spacial score (nSPS) is 11.4. The second-order valence-electron chi connectivity index (χ2n) is 4.97. The van der Waals surface area contributed by atoms with Gasteiger partial charge in [-0.1, -0.05) is 26.1 Å². The number of benzene rings is 1. The van der Waals surface area contributed by atoms with Crippen molar-refractivity contribution in [2.75, 3.05) is 0 Å². The summed E-state index contributed by atoms with van der Waals surface area (Å²) in [5.41, 5.74) is 1.40. The molecule has 20 heavy (non-hydrogen) atoms. The highest BCUT2D eigenvalue weighted by Crippen LogP contribution is 2.27. The summed E-state index contributed by atoms with van der Waals surface area (Å²) in [5, 5.41) is 0.724. The highest BCUT2D eigenvalue weighted by Gasteiger charge is 2.10. The standard InChI is InChI=1S/C15H13FN2OS/c1-8(2)15-17-11(7-14(20)18-15)13-6-9-5-10(16)3-4-12(9)19-13/h3-8H,1-2H3,(H,17,18,20). The van der Waals surface area contributed by atoms with Crippen LogP contribution in [0.25, 0.3) is 22.4 Å². The van der Waals surface area contributed by atoms with E-state index in [1.54, 1.807) is 18.2 Å². The van der Waals surface area contributed by atoms with Gasteiger partial charge < -0.3 is 9.40 Å². The number of fused-ring (bicyclic) bond motifs is 1. The third-order valence-corrected chi connectivity index (χ3v) is 3.26. The van der Waals surface area contributed by atoms with E-state index in [0.29, 0.717) is 16.0 Å². The monoisotopic (exact) mass is 288 g/mol. The lowest BCUT2D eigenvalue weighted by molar-refractivity contribution is 0.616. The maximum Gasteiger partial charge on any atom is 0.151 e. The number of hydrogen-bond acceptors (Lipinski definition) is 3. The molecule has 0 saturated heterocycles. The molecule has 0 aliphatic carbocycles. The Morgan fingerprint density at radius 2 is 2.05 bits per heavy atom. The number of halogens is 1. The third kappa shape index (κ3) is 2.36. The van der Waals surface area contributed by atoms with E-state index in [4.69, 9.17) is 16.6 Å². The van der Waals surface area contributed by atoms with E-state index in [2.05, 4.69) is 9.97 Å². The number of rotatable bonds is 2. The molecule has 3 rings (SSSR count). The minimum absolute atomic E-state index is 0.235. The summed E-state index contributed by atoms with van der Waals surface area (Å²) in [7, 11) is 0. The molecule has 0 bridgehead atoms. The van der Waals surface area contributed by atoms with Gasteiger partial charge in [0.15, 0.2) is 5.76 Å². The molecule has 1 N–H and O–H groups in total. The summed E-state index contributed by atoms with van der Waals surface area (Å²) in [6.45, 7) is 4.07. The van der Waals surface area contributed by atoms with Crippen molar-refractivity contribution in [1.29, 1.82) is 0 Å². The Bertz CT molecular complexity index is 835. The van der Waals surface area contributed by atoms with Crippen LogP contribution >= 0.6 is 12.2 Å². The fourth-order valence-electron chi connectivity index (χ4n) is 2.03. The van der Waals surface area contributed by atoms with Crippen molar-refractivity contribution in [2.45, 2.75) is 19.8 Å². The van der Waals surface area contributed by atoms with Crippen molar-refractivity contribution in [3.05, 3.63) is 46.6 Å². The summed E-state index contributed by atoms with van der Waals surface area (Å²) in [5.74, 6) is 1.38. The van der Waals surface area contributed by atoms with Gasteiger partial charge in [-0.15, -0.1) is 0 Å². The number of aromatic amines is 1. The highest BCUT2D eigenvalue weighted by atomic mass is 32.1. The number of aromatic nitrogens is 2. The van der Waals surface area contributed by atoms with Gasteiger partial charge in [0, 0.05) is 17.4 Å². The van der Waals surface area contributed by atoms with Gasteiger partial charge in [0.1, 0.15) is 21.9 Å². The molecule has 0 saturated carbocycles. The van der Waals surface area contributed by atoms with Crippen molar-refractivity contribution in [3.8, 4) is 11.5 Å². The molecule has 0 aliphatic heterocycles. The van der Waals surface area contributed by atoms with Crippen LogP contribution in [0.3, 0.4) is 0 Å². The van der Waals surface area contributed by atoms with Crippen molar-refractivity contribution in [1.82, 2.24) is 9.97 Å². The number of nitrogens with one attached hydrogen (secondary N) is 1. The Hall–Kier alpha value is -2.01. The van der Waals surface area contributed by atoms with Crippen molar-refractivity contribution >= 4 is 23.2 Å². The van der Waals surface area contributed by atoms with Crippen LogP contribution in [0.15, 0.2) is 34.7 Å². The molecular formula is C15H13FN2OS. The van der Waals surface area contributed by atoms with Gasteiger partial charge in [0.05, 0.1) is 5.69 Å². The average molecular weight is 288 g/mol. The minimum atomic E-state index is -0.282. The van der Waals surface area contributed by atoms with Crippen LogP contribution in [-0.2, 0) is 0 Å². The molecule has 0 unspecified atom stereocenters. The van der Waals surface area contributed by atoms with Crippen LogP contribution in [0.2, 0.25) is 0 Å². The fourth-order valence-corrected chi connectivity index (χ4v) is 2.25. The molecule has 0 amide bonds. The molecule has 0 aliphatic rings. The lowest BCUT2D eigenvalue weighted by atomic mass is 10.2. The molecule has 5 heteroatoms. The predicted molar refractivity (Wildman–Crippen MR) is 78.7 cm³/mol. The zero-order valence-corrected chi connectivity index (χ0v) is 11.9. The van der Waals surface area contributed by atoms with Crippen molar-refractivity contribution < 1.29 is 8.81 Å². The van der Waals surface area contributed by atoms with Crippen LogP contribution in [0.5, 0.6) is 0 Å². The van der Waals surface area contributed by atoms with E-state index in [1.165, 1.54) is 12.1 Å². The third-order valence-electron chi connectivity index (χ3n) is 3.05. The molecular weight excluding hydrogens is 275 g/mol. The first-order valence-electron chi connectivity index (χ1n) is 6.33. The molecule has 3 nitrogen and oxygen atoms in total. The molecule has 1 aromatic carbocycles. The zero-order chi connectivity index (χ0) is 14.3. The number of hydrogen-bond donors (Lipinski definition) is 1. The number of furan rings is 1. The zero-order valence-electron chi connectivity index (χ0n) is 11.1. The summed E-state index contributed by atoms with van der Waals surface area (Å²) < 4.78 is 19.4. The lowest BCUT2D eigenvalue weighted by Gasteiger charge is -2.06. The van der Waals surface area contributed by atoms with E-state index < -0.39 is 0 Å². The highest BCUT2D eigenvalue weighted by molar-refractivity contribution is 7.71. The Morgan fingerprint density at radius 1 is 1.25 bits per heavy atom. The van der Waals surface area contributed by atoms with Gasteiger partial charge in [0.25, 0.3) is 0 Å². The quantitative estimate of drug-likeness (QED) is 0.688. The largest absolute Gasteiger partial charge is 0.455 e. The second kappa shape index (κ2) is 4.83. The summed E-state index contributed by atoms with van der Waals surface area (Å²) in [6, 6.07) is 7.98. The van der Waals surface area contributed by atoms with Gasteiger partial charge in [-0.3, -0.25) is 0 Å². The first-order valence-corrected chi connectivity index (χ1v) is 6.74. The van der Waals surface area contributed by atoms with E-state index in [1.807, 2.05) is 13.8 Å². The van der Waals surface area contributed by atoms with E-state index in [-0.39, 0.29) is 11.7 Å². The van der Waals surface area contributed by atoms with Crippen LogP contribution in [0.4, 0.5) is 4.39 Å². The molecule has 2 heterocycles. The predicted octanol–water partition coefficient (Wildman–Crippen LogP) is 4.81. The maximum atomic E-state index is 13.2. The Morgan fingerprint density at radius 3 is 2.80 bits per heavy atom. The molecule has 102 valence electrons. The van der Waals surface area contributed by atoms with Gasteiger partial charge in [0.2, 0.25) is 0 Å². The number of nitrogens with zero attached hydrogens (tertiary/aromatic N) is 1. The van der Waals surface area contributed by atoms with Gasteiger partial charge in [-0.2, -0.15) is 0 Å². The Kier molecular flexibility index (Phi) is 3.14. The van der Waals surface area contributed by atoms with Crippen LogP contribution in [-0.4, -0.2) is 9.97 Å². The summed E-state index contributed by atoms with van der Waals surface area (Å²) in [4.78, 5) is 7.50. The van der Waals surface area contributed by atoms with E-state index >= 15 is 0 Å². The molecule has 0 spiro atoms. The summed E-state index contributed by atoms with van der Waals surface area (Å²) in [6.07, 6.45) is 0. The average Bonchev–Trinajstić information content (AvgIpc) is 2.80. The topological polar surface area (TPSA) is 41.8 Å². The minimum Gasteiger partial charge on any atom is -0.455 e. The van der Waals surface area contributed by atoms with Gasteiger partial charge in [-0.05, 0) is 24.3 Å². The van der Waals surface area contributed by atoms with Crippen molar-refractivity contribution in [2.24, 2.45) is 0 Å². The Balaban J connectivity index is 2.17. The van der Waals surface area contributed by atoms with Gasteiger partial charge in [-0.25, -0.2) is 9.37 Å². The summed E-state index contributed by atoms with van der Waals surface area (Å²) >= 11 is 5.18. The van der Waals surface area contributed by atoms with E-state index in [9.17, 15) is 4.39 Å². The number of H-pyrrole nitrogens is 1. The Labute approximate surface area is 120 Å². The second-order valence-corrected chi connectivity index (χ2v) is 5.38. The first-order chi connectivity index (χ1) is 9.52. The molecule has 0 fully saturated rings. The molecule has 2 aromatic heterocycles.